The maximum absolute atomic E-state index is 6.14. The topological polar surface area (TPSA) is 59.9 Å². The predicted molar refractivity (Wildman–Crippen MR) is 82.7 cm³/mol. The number of hydrogen-bond acceptors (Lipinski definition) is 6. The van der Waals surface area contributed by atoms with E-state index < -0.39 is 0 Å². The van der Waals surface area contributed by atoms with Crippen LogP contribution < -0.4 is 10.1 Å². The summed E-state index contributed by atoms with van der Waals surface area (Å²) in [7, 11) is 0. The molecule has 2 aromatic rings. The molecule has 0 fully saturated rings. The van der Waals surface area contributed by atoms with Crippen LogP contribution in [0.3, 0.4) is 0 Å². The summed E-state index contributed by atoms with van der Waals surface area (Å²) in [5.74, 6) is 1.07. The van der Waals surface area contributed by atoms with Gasteiger partial charge in [-0.2, -0.15) is 15.0 Å². The van der Waals surface area contributed by atoms with Gasteiger partial charge in [0.05, 0.1) is 16.5 Å². The van der Waals surface area contributed by atoms with Gasteiger partial charge in [0.25, 0.3) is 0 Å². The van der Waals surface area contributed by atoms with Crippen molar-refractivity contribution in [2.24, 2.45) is 0 Å². The first-order valence-corrected chi connectivity index (χ1v) is 7.86. The van der Waals surface area contributed by atoms with E-state index in [0.29, 0.717) is 29.4 Å². The van der Waals surface area contributed by atoms with E-state index >= 15 is 0 Å². The lowest BCUT2D eigenvalue weighted by Crippen LogP contribution is -2.09. The average molecular weight is 313 g/mol. The SMILES string of the molecule is CCCNc1nc(OCCC)nc(-c2sccc2Cl)n1. The third kappa shape index (κ3) is 3.80. The molecule has 0 aliphatic rings. The lowest BCUT2D eigenvalue weighted by atomic mass is 10.4. The Morgan fingerprint density at radius 1 is 1.25 bits per heavy atom. The Morgan fingerprint density at radius 2 is 2.10 bits per heavy atom. The monoisotopic (exact) mass is 312 g/mol. The third-order valence-corrected chi connectivity index (χ3v) is 3.74. The van der Waals surface area contributed by atoms with Gasteiger partial charge in [0.1, 0.15) is 0 Å². The first-order valence-electron chi connectivity index (χ1n) is 6.60. The fraction of sp³-hybridized carbons (Fsp3) is 0.462. The molecule has 5 nitrogen and oxygen atoms in total. The number of nitrogens with one attached hydrogen (secondary N) is 1. The number of rotatable bonds is 7. The van der Waals surface area contributed by atoms with Crippen LogP contribution in [0.15, 0.2) is 11.4 Å². The zero-order valence-corrected chi connectivity index (χ0v) is 13.1. The molecule has 0 radical (unpaired) electrons. The van der Waals surface area contributed by atoms with Gasteiger partial charge in [-0.15, -0.1) is 11.3 Å². The van der Waals surface area contributed by atoms with Crippen LogP contribution in [0, 0.1) is 0 Å². The number of halogens is 1. The molecular formula is C13H17ClN4OS. The zero-order valence-electron chi connectivity index (χ0n) is 11.5. The summed E-state index contributed by atoms with van der Waals surface area (Å²) in [5.41, 5.74) is 0. The van der Waals surface area contributed by atoms with Gasteiger partial charge in [0.2, 0.25) is 5.95 Å². The Labute approximate surface area is 127 Å². The highest BCUT2D eigenvalue weighted by molar-refractivity contribution is 7.14. The highest BCUT2D eigenvalue weighted by Crippen LogP contribution is 2.31. The Bertz CT molecular complexity index is 535. The molecule has 0 aromatic carbocycles. The van der Waals surface area contributed by atoms with Crippen molar-refractivity contribution >= 4 is 28.9 Å². The van der Waals surface area contributed by atoms with Crippen molar-refractivity contribution in [2.45, 2.75) is 26.7 Å². The number of hydrogen-bond donors (Lipinski definition) is 1. The van der Waals surface area contributed by atoms with Crippen molar-refractivity contribution in [3.05, 3.63) is 16.5 Å². The van der Waals surface area contributed by atoms with E-state index in [1.165, 1.54) is 11.3 Å². The van der Waals surface area contributed by atoms with E-state index in [4.69, 9.17) is 16.3 Å². The summed E-state index contributed by atoms with van der Waals surface area (Å²) in [6, 6.07) is 2.16. The molecule has 108 valence electrons. The minimum Gasteiger partial charge on any atom is -0.463 e. The van der Waals surface area contributed by atoms with Gasteiger partial charge in [-0.05, 0) is 24.3 Å². The molecule has 2 heterocycles. The zero-order chi connectivity index (χ0) is 14.4. The Kier molecular flexibility index (Phi) is 5.55. The Balaban J connectivity index is 2.32. The van der Waals surface area contributed by atoms with Crippen molar-refractivity contribution in [3.8, 4) is 16.7 Å². The molecule has 0 bridgehead atoms. The maximum Gasteiger partial charge on any atom is 0.321 e. The van der Waals surface area contributed by atoms with E-state index in [0.717, 1.165) is 24.3 Å². The van der Waals surface area contributed by atoms with Crippen LogP contribution in [0.5, 0.6) is 6.01 Å². The quantitative estimate of drug-likeness (QED) is 0.841. The largest absolute Gasteiger partial charge is 0.463 e. The van der Waals surface area contributed by atoms with Crippen LogP contribution >= 0.6 is 22.9 Å². The second-order valence-corrected chi connectivity index (χ2v) is 5.46. The van der Waals surface area contributed by atoms with Gasteiger partial charge >= 0.3 is 6.01 Å². The number of thiophene rings is 1. The second-order valence-electron chi connectivity index (χ2n) is 4.14. The predicted octanol–water partition coefficient (Wildman–Crippen LogP) is 3.86. The van der Waals surface area contributed by atoms with Crippen molar-refractivity contribution in [1.82, 2.24) is 15.0 Å². The summed E-state index contributed by atoms with van der Waals surface area (Å²) in [5, 5.41) is 5.70. The summed E-state index contributed by atoms with van der Waals surface area (Å²) >= 11 is 7.64. The molecule has 7 heteroatoms. The molecule has 0 unspecified atom stereocenters. The van der Waals surface area contributed by atoms with Crippen LogP contribution in [0.25, 0.3) is 10.7 Å². The van der Waals surface area contributed by atoms with Gasteiger partial charge in [-0.1, -0.05) is 25.4 Å². The fourth-order valence-electron chi connectivity index (χ4n) is 1.49. The van der Waals surface area contributed by atoms with Crippen LogP contribution in [-0.2, 0) is 0 Å². The normalized spacial score (nSPS) is 10.6. The van der Waals surface area contributed by atoms with Crippen LogP contribution in [0.2, 0.25) is 5.02 Å². The molecule has 0 saturated carbocycles. The molecule has 1 N–H and O–H groups in total. The number of ether oxygens (including phenoxy) is 1. The van der Waals surface area contributed by atoms with Gasteiger partial charge < -0.3 is 10.1 Å². The van der Waals surface area contributed by atoms with Gasteiger partial charge in [0.15, 0.2) is 5.82 Å². The molecule has 0 aliphatic heterocycles. The molecule has 0 spiro atoms. The number of anilines is 1. The van der Waals surface area contributed by atoms with Crippen molar-refractivity contribution in [3.63, 3.8) is 0 Å². The average Bonchev–Trinajstić information content (AvgIpc) is 2.89. The lowest BCUT2D eigenvalue weighted by Gasteiger charge is -2.08. The second kappa shape index (κ2) is 7.40. The molecule has 2 aromatic heterocycles. The first-order chi connectivity index (χ1) is 9.74. The van der Waals surface area contributed by atoms with Crippen LogP contribution in [0.1, 0.15) is 26.7 Å². The van der Waals surface area contributed by atoms with Crippen molar-refractivity contribution < 1.29 is 4.74 Å². The highest BCUT2D eigenvalue weighted by Gasteiger charge is 2.13. The third-order valence-electron chi connectivity index (χ3n) is 2.40. The molecular weight excluding hydrogens is 296 g/mol. The van der Waals surface area contributed by atoms with Crippen molar-refractivity contribution in [2.75, 3.05) is 18.5 Å². The Morgan fingerprint density at radius 3 is 2.75 bits per heavy atom. The van der Waals surface area contributed by atoms with Crippen LogP contribution in [-0.4, -0.2) is 28.1 Å². The standard InChI is InChI=1S/C13H17ClN4OS/c1-3-6-15-12-16-11(10-9(14)5-8-20-10)17-13(18-12)19-7-4-2/h5,8H,3-4,6-7H2,1-2H3,(H,15,16,17,18). The van der Waals surface area contributed by atoms with Gasteiger partial charge in [-0.3, -0.25) is 0 Å². The number of aromatic nitrogens is 3. The van der Waals surface area contributed by atoms with Gasteiger partial charge in [0, 0.05) is 6.54 Å². The molecule has 0 aliphatic carbocycles. The fourth-order valence-corrected chi connectivity index (χ4v) is 2.56. The van der Waals surface area contributed by atoms with E-state index in [-0.39, 0.29) is 0 Å². The van der Waals surface area contributed by atoms with Crippen LogP contribution in [0.4, 0.5) is 5.95 Å². The first kappa shape index (κ1) is 15.0. The Hall–Kier alpha value is -1.40. The highest BCUT2D eigenvalue weighted by atomic mass is 35.5. The minimum absolute atomic E-state index is 0.333. The summed E-state index contributed by atoms with van der Waals surface area (Å²) < 4.78 is 5.51. The molecule has 20 heavy (non-hydrogen) atoms. The van der Waals surface area contributed by atoms with E-state index in [2.05, 4.69) is 27.2 Å². The van der Waals surface area contributed by atoms with Gasteiger partial charge in [-0.25, -0.2) is 0 Å². The van der Waals surface area contributed by atoms with E-state index in [1.54, 1.807) is 0 Å². The minimum atomic E-state index is 0.333. The van der Waals surface area contributed by atoms with E-state index in [9.17, 15) is 0 Å². The summed E-state index contributed by atoms with van der Waals surface area (Å²) in [6.45, 7) is 5.50. The molecule has 0 saturated heterocycles. The smallest absolute Gasteiger partial charge is 0.321 e. The lowest BCUT2D eigenvalue weighted by molar-refractivity contribution is 0.292. The summed E-state index contributed by atoms with van der Waals surface area (Å²) in [6.07, 6.45) is 1.89. The maximum atomic E-state index is 6.14. The van der Waals surface area contributed by atoms with E-state index in [1.807, 2.05) is 18.4 Å². The number of nitrogens with zero attached hydrogens (tertiary/aromatic N) is 3. The molecule has 0 amide bonds. The van der Waals surface area contributed by atoms with Crippen molar-refractivity contribution in [1.29, 1.82) is 0 Å². The summed E-state index contributed by atoms with van der Waals surface area (Å²) in [4.78, 5) is 13.8. The molecule has 2 rings (SSSR count). The molecule has 0 atom stereocenters.